The monoisotopic (exact) mass is 553 g/mol. The molecular weight excluding hydrogens is 517 g/mol. The van der Waals surface area contributed by atoms with Crippen molar-refractivity contribution in [1.82, 2.24) is 21.3 Å². The lowest BCUT2D eigenvalue weighted by Gasteiger charge is -2.32. The second kappa shape index (κ2) is 11.1. The van der Waals surface area contributed by atoms with Gasteiger partial charge in [-0.1, -0.05) is 20.8 Å². The molecule has 1 unspecified atom stereocenters. The zero-order valence-electron chi connectivity index (χ0n) is 22.1. The maximum atomic E-state index is 13.7. The summed E-state index contributed by atoms with van der Waals surface area (Å²) in [5.74, 6) is -9.26. The average molecular weight is 554 g/mol. The summed E-state index contributed by atoms with van der Waals surface area (Å²) >= 11 is 0. The molecule has 9 nitrogen and oxygen atoms in total. The van der Waals surface area contributed by atoms with Crippen LogP contribution in [0.25, 0.3) is 0 Å². The molecule has 216 valence electrons. The molecule has 1 aliphatic carbocycles. The van der Waals surface area contributed by atoms with Crippen molar-refractivity contribution in [3.8, 4) is 0 Å². The van der Waals surface area contributed by atoms with Crippen LogP contribution in [0.4, 0.5) is 22.0 Å². The Kier molecular flexibility index (Phi) is 9.20. The molecule has 2 aliphatic rings. The van der Waals surface area contributed by atoms with Gasteiger partial charge in [0.25, 0.3) is 5.92 Å². The molecule has 0 aromatic rings. The highest BCUT2D eigenvalue weighted by molar-refractivity contribution is 5.93. The number of aliphatic imine (C=N–C) groups is 1. The van der Waals surface area contributed by atoms with Crippen LogP contribution in [0, 0.1) is 17.3 Å². The third-order valence-electron chi connectivity index (χ3n) is 6.62. The molecule has 1 aliphatic heterocycles. The molecule has 2 rings (SSSR count). The summed E-state index contributed by atoms with van der Waals surface area (Å²) in [6.07, 6.45) is -5.58. The van der Waals surface area contributed by atoms with Gasteiger partial charge in [-0.2, -0.15) is 13.2 Å². The van der Waals surface area contributed by atoms with Crippen LogP contribution in [0.5, 0.6) is 0 Å². The van der Waals surface area contributed by atoms with Crippen molar-refractivity contribution >= 4 is 30.3 Å². The highest BCUT2D eigenvalue weighted by atomic mass is 19.4. The summed E-state index contributed by atoms with van der Waals surface area (Å²) < 4.78 is 65.9. The Morgan fingerprint density at radius 3 is 2.05 bits per heavy atom. The van der Waals surface area contributed by atoms with Gasteiger partial charge in [-0.15, -0.1) is 0 Å². The van der Waals surface area contributed by atoms with Crippen LogP contribution in [0.3, 0.4) is 0 Å². The van der Waals surface area contributed by atoms with Crippen molar-refractivity contribution in [2.75, 3.05) is 6.54 Å². The lowest BCUT2D eigenvalue weighted by molar-refractivity contribution is -0.175. The van der Waals surface area contributed by atoms with Gasteiger partial charge in [0.2, 0.25) is 17.7 Å². The molecule has 38 heavy (non-hydrogen) atoms. The Labute approximate surface area is 218 Å². The number of carbonyl (C=O) groups excluding carboxylic acids is 4. The molecule has 4 N–H and O–H groups in total. The smallest absolute Gasteiger partial charge is 0.351 e. The van der Waals surface area contributed by atoms with Crippen molar-refractivity contribution in [3.63, 3.8) is 0 Å². The second-order valence-electron chi connectivity index (χ2n) is 11.9. The van der Waals surface area contributed by atoms with E-state index in [0.29, 0.717) is 6.42 Å². The number of rotatable bonds is 11. The first-order valence-corrected chi connectivity index (χ1v) is 12.3. The van der Waals surface area contributed by atoms with Crippen LogP contribution >= 0.6 is 0 Å². The molecule has 14 heteroatoms. The van der Waals surface area contributed by atoms with Crippen LogP contribution in [0.2, 0.25) is 0 Å². The van der Waals surface area contributed by atoms with E-state index in [-0.39, 0.29) is 18.9 Å². The normalized spacial score (nSPS) is 24.4. The number of nitrogens with one attached hydrogen (secondary N) is 4. The lowest BCUT2D eigenvalue weighted by Crippen LogP contribution is -2.60. The highest BCUT2D eigenvalue weighted by Crippen LogP contribution is 2.51. The summed E-state index contributed by atoms with van der Waals surface area (Å²) in [6, 6.07) is -3.97. The fourth-order valence-corrected chi connectivity index (χ4v) is 4.55. The first kappa shape index (κ1) is 31.4. The molecule has 0 bridgehead atoms. The molecule has 2 fully saturated rings. The van der Waals surface area contributed by atoms with Crippen molar-refractivity contribution in [2.24, 2.45) is 22.2 Å². The van der Waals surface area contributed by atoms with Crippen molar-refractivity contribution in [3.05, 3.63) is 0 Å². The number of hydrogen-bond donors (Lipinski definition) is 4. The molecule has 5 atom stereocenters. The van der Waals surface area contributed by atoms with E-state index >= 15 is 0 Å². The van der Waals surface area contributed by atoms with Crippen LogP contribution in [-0.4, -0.2) is 72.7 Å². The summed E-state index contributed by atoms with van der Waals surface area (Å²) in [5, 5.41) is 9.34. The molecule has 1 saturated heterocycles. The van der Waals surface area contributed by atoms with Gasteiger partial charge in [0.05, 0.1) is 6.54 Å². The Morgan fingerprint density at radius 2 is 1.63 bits per heavy atom. The zero-order chi connectivity index (χ0) is 29.3. The van der Waals surface area contributed by atoms with Gasteiger partial charge in [0, 0.05) is 29.8 Å². The molecule has 0 aromatic heterocycles. The number of nitrogens with zero attached hydrogens (tertiary/aromatic N) is 1. The van der Waals surface area contributed by atoms with Crippen LogP contribution < -0.4 is 21.3 Å². The fourth-order valence-electron chi connectivity index (χ4n) is 4.55. The van der Waals surface area contributed by atoms with Gasteiger partial charge in [-0.25, -0.2) is 8.78 Å². The van der Waals surface area contributed by atoms with E-state index in [1.165, 1.54) is 20.8 Å². The summed E-state index contributed by atoms with van der Waals surface area (Å²) in [6.45, 7) is 11.3. The maximum Gasteiger partial charge on any atom is 0.471 e. The summed E-state index contributed by atoms with van der Waals surface area (Å²) in [5.41, 5.74) is -1.66. The third kappa shape index (κ3) is 8.62. The highest BCUT2D eigenvalue weighted by Gasteiger charge is 2.58. The Balaban J connectivity index is 2.20. The Hall–Kier alpha value is -2.80. The fraction of sp³-hybridized carbons (Fsp3) is 0.792. The molecule has 1 saturated carbocycles. The quantitative estimate of drug-likeness (QED) is 0.231. The van der Waals surface area contributed by atoms with Gasteiger partial charge in [-0.05, 0) is 45.2 Å². The Morgan fingerprint density at radius 1 is 1.05 bits per heavy atom. The third-order valence-corrected chi connectivity index (χ3v) is 6.62. The topological polar surface area (TPSA) is 129 Å². The van der Waals surface area contributed by atoms with Gasteiger partial charge in [-0.3, -0.25) is 24.2 Å². The standard InChI is InChI=1S/C24H36F5N5O4/c1-21(2,3)16(33-20(38)24(27,28)29)19(37)32-15(8-13-10-23(13,25)26)18(36)31-14(11-30-6)7-12-9-22(4,5)34-17(12)35/h12-16H,6-11H2,1-5H3,(H,31,36)(H,32,37)(H,33,38)(H,34,35)/t12-,13?,14+,15+,16-/m1/s1. The minimum absolute atomic E-state index is 0.00244. The largest absolute Gasteiger partial charge is 0.471 e. The van der Waals surface area contributed by atoms with Crippen LogP contribution in [-0.2, 0) is 19.2 Å². The zero-order valence-corrected chi connectivity index (χ0v) is 22.1. The van der Waals surface area contributed by atoms with Gasteiger partial charge in [0.1, 0.15) is 12.1 Å². The maximum absolute atomic E-state index is 13.7. The second-order valence-corrected chi connectivity index (χ2v) is 11.9. The molecule has 1 heterocycles. The summed E-state index contributed by atoms with van der Waals surface area (Å²) in [4.78, 5) is 53.8. The predicted molar refractivity (Wildman–Crippen MR) is 128 cm³/mol. The molecule has 0 spiro atoms. The van der Waals surface area contributed by atoms with E-state index < -0.39 is 83.6 Å². The molecule has 0 radical (unpaired) electrons. The van der Waals surface area contributed by atoms with Crippen molar-refractivity contribution in [1.29, 1.82) is 0 Å². The average Bonchev–Trinajstić information content (AvgIpc) is 3.23. The van der Waals surface area contributed by atoms with Gasteiger partial charge < -0.3 is 21.3 Å². The minimum Gasteiger partial charge on any atom is -0.351 e. The number of amides is 4. The first-order valence-electron chi connectivity index (χ1n) is 12.3. The predicted octanol–water partition coefficient (Wildman–Crippen LogP) is 2.10. The first-order chi connectivity index (χ1) is 17.2. The lowest BCUT2D eigenvalue weighted by atomic mass is 9.85. The number of carbonyl (C=O) groups is 4. The molecule has 0 aromatic carbocycles. The van der Waals surface area contributed by atoms with Crippen LogP contribution in [0.1, 0.15) is 60.3 Å². The Bertz CT molecular complexity index is 947. The van der Waals surface area contributed by atoms with E-state index in [1.54, 1.807) is 5.32 Å². The number of halogens is 5. The van der Waals surface area contributed by atoms with Crippen molar-refractivity contribution < 1.29 is 41.1 Å². The van der Waals surface area contributed by atoms with E-state index in [0.717, 1.165) is 0 Å². The van der Waals surface area contributed by atoms with E-state index in [1.807, 2.05) is 13.8 Å². The molecular formula is C24H36F5N5O4. The summed E-state index contributed by atoms with van der Waals surface area (Å²) in [7, 11) is 0. The van der Waals surface area contributed by atoms with E-state index in [2.05, 4.69) is 27.7 Å². The van der Waals surface area contributed by atoms with Crippen molar-refractivity contribution in [2.45, 2.75) is 96.1 Å². The molecule has 4 amide bonds. The van der Waals surface area contributed by atoms with Crippen LogP contribution in [0.15, 0.2) is 4.99 Å². The SMILES string of the molecule is C=NC[C@H](C[C@@H]1CC(C)(C)NC1=O)NC(=O)[C@H](CC1CC1(F)F)NC(=O)[C@@H](NC(=O)C(F)(F)F)C(C)(C)C. The minimum atomic E-state index is -5.26. The van der Waals surface area contributed by atoms with E-state index in [4.69, 9.17) is 0 Å². The van der Waals surface area contributed by atoms with Gasteiger partial charge >= 0.3 is 12.1 Å². The number of hydrogen-bond acceptors (Lipinski definition) is 5. The van der Waals surface area contributed by atoms with E-state index in [9.17, 15) is 41.1 Å². The van der Waals surface area contributed by atoms with Gasteiger partial charge in [0.15, 0.2) is 0 Å². The number of alkyl halides is 5.